The Morgan fingerprint density at radius 3 is 2.68 bits per heavy atom. The molecule has 104 valence electrons. The van der Waals surface area contributed by atoms with Crippen molar-refractivity contribution in [2.75, 3.05) is 13.2 Å². The van der Waals surface area contributed by atoms with Gasteiger partial charge in [-0.3, -0.25) is 9.59 Å². The van der Waals surface area contributed by atoms with E-state index in [-0.39, 0.29) is 25.5 Å². The smallest absolute Gasteiger partial charge is 0.308 e. The number of carbonyl (C=O) groups is 2. The van der Waals surface area contributed by atoms with E-state index in [9.17, 15) is 9.59 Å². The summed E-state index contributed by atoms with van der Waals surface area (Å²) >= 11 is 0. The number of amides is 1. The molecule has 1 rings (SSSR count). The molecule has 0 heterocycles. The molecular weight excluding hydrogens is 246 g/mol. The number of aryl methyl sites for hydroxylation is 1. The topological polar surface area (TPSA) is 75.6 Å². The average Bonchev–Trinajstić information content (AvgIpc) is 2.38. The zero-order valence-corrected chi connectivity index (χ0v) is 11.2. The van der Waals surface area contributed by atoms with Crippen LogP contribution in [0.4, 0.5) is 0 Å². The second kappa shape index (κ2) is 7.41. The van der Waals surface area contributed by atoms with Gasteiger partial charge < -0.3 is 15.2 Å². The first-order chi connectivity index (χ1) is 9.00. The Bertz CT molecular complexity index is 445. The summed E-state index contributed by atoms with van der Waals surface area (Å²) < 4.78 is 5.48. The number of para-hydroxylation sites is 1. The molecule has 2 N–H and O–H groups in total. The van der Waals surface area contributed by atoms with Gasteiger partial charge in [-0.25, -0.2) is 0 Å². The highest BCUT2D eigenvalue weighted by Gasteiger charge is 2.12. The number of benzene rings is 1. The lowest BCUT2D eigenvalue weighted by molar-refractivity contribution is -0.141. The first-order valence-electron chi connectivity index (χ1n) is 6.18. The van der Waals surface area contributed by atoms with Crippen LogP contribution in [0.1, 0.15) is 18.9 Å². The van der Waals surface area contributed by atoms with Crippen LogP contribution in [0.5, 0.6) is 5.75 Å². The van der Waals surface area contributed by atoms with E-state index < -0.39 is 11.9 Å². The van der Waals surface area contributed by atoms with Crippen LogP contribution in [0.15, 0.2) is 24.3 Å². The highest BCUT2D eigenvalue weighted by molar-refractivity contribution is 5.77. The lowest BCUT2D eigenvalue weighted by Gasteiger charge is -2.10. The number of hydrogen-bond donors (Lipinski definition) is 2. The lowest BCUT2D eigenvalue weighted by Crippen LogP contribution is -2.32. The molecule has 0 bridgehead atoms. The Labute approximate surface area is 112 Å². The Kier molecular flexibility index (Phi) is 5.85. The highest BCUT2D eigenvalue weighted by Crippen LogP contribution is 2.16. The van der Waals surface area contributed by atoms with Crippen LogP contribution >= 0.6 is 0 Å². The Morgan fingerprint density at radius 1 is 1.37 bits per heavy atom. The second-order valence-corrected chi connectivity index (χ2v) is 4.41. The van der Waals surface area contributed by atoms with E-state index >= 15 is 0 Å². The van der Waals surface area contributed by atoms with E-state index in [4.69, 9.17) is 9.84 Å². The van der Waals surface area contributed by atoms with Crippen molar-refractivity contribution in [3.63, 3.8) is 0 Å². The number of hydrogen-bond acceptors (Lipinski definition) is 3. The molecule has 0 saturated carbocycles. The van der Waals surface area contributed by atoms with E-state index in [1.165, 1.54) is 0 Å². The van der Waals surface area contributed by atoms with Gasteiger partial charge in [-0.2, -0.15) is 0 Å². The monoisotopic (exact) mass is 265 g/mol. The summed E-state index contributed by atoms with van der Waals surface area (Å²) in [5.41, 5.74) is 1.02. The molecule has 0 aromatic heterocycles. The summed E-state index contributed by atoms with van der Waals surface area (Å²) in [6.45, 7) is 3.90. The molecule has 0 aliphatic carbocycles. The largest absolute Gasteiger partial charge is 0.493 e. The van der Waals surface area contributed by atoms with Crippen LogP contribution < -0.4 is 10.1 Å². The number of rotatable bonds is 7. The molecular formula is C14H19NO4. The number of carboxylic acid groups (broad SMARTS) is 1. The number of carboxylic acids is 1. The molecule has 5 heteroatoms. The summed E-state index contributed by atoms with van der Waals surface area (Å²) in [4.78, 5) is 22.0. The van der Waals surface area contributed by atoms with Crippen molar-refractivity contribution in [2.45, 2.75) is 20.3 Å². The normalized spacial score (nSPS) is 11.7. The molecule has 19 heavy (non-hydrogen) atoms. The number of aliphatic carboxylic acids is 1. The third-order valence-corrected chi connectivity index (χ3v) is 2.71. The molecule has 0 aliphatic rings. The maximum absolute atomic E-state index is 11.5. The SMILES string of the molecule is Cc1ccccc1OCCC(=O)NCC(C)C(=O)O. The van der Waals surface area contributed by atoms with Crippen molar-refractivity contribution >= 4 is 11.9 Å². The van der Waals surface area contributed by atoms with Gasteiger partial charge in [-0.15, -0.1) is 0 Å². The van der Waals surface area contributed by atoms with Gasteiger partial charge in [0.1, 0.15) is 5.75 Å². The number of carbonyl (C=O) groups excluding carboxylic acids is 1. The van der Waals surface area contributed by atoms with Crippen molar-refractivity contribution in [3.8, 4) is 5.75 Å². The minimum Gasteiger partial charge on any atom is -0.493 e. The van der Waals surface area contributed by atoms with Crippen molar-refractivity contribution in [2.24, 2.45) is 5.92 Å². The molecule has 5 nitrogen and oxygen atoms in total. The zero-order valence-electron chi connectivity index (χ0n) is 11.2. The van der Waals surface area contributed by atoms with Crippen molar-refractivity contribution in [3.05, 3.63) is 29.8 Å². The Hall–Kier alpha value is -2.04. The van der Waals surface area contributed by atoms with Crippen LogP contribution in [0.3, 0.4) is 0 Å². The highest BCUT2D eigenvalue weighted by atomic mass is 16.5. The van der Waals surface area contributed by atoms with Crippen LogP contribution in [-0.4, -0.2) is 30.1 Å². The van der Waals surface area contributed by atoms with Gasteiger partial charge >= 0.3 is 5.97 Å². The molecule has 1 aromatic carbocycles. The van der Waals surface area contributed by atoms with Crippen molar-refractivity contribution < 1.29 is 19.4 Å². The van der Waals surface area contributed by atoms with E-state index in [1.807, 2.05) is 31.2 Å². The number of nitrogens with one attached hydrogen (secondary N) is 1. The maximum Gasteiger partial charge on any atom is 0.308 e. The van der Waals surface area contributed by atoms with Gasteiger partial charge in [0.05, 0.1) is 18.9 Å². The predicted molar refractivity (Wildman–Crippen MR) is 71.1 cm³/mol. The third-order valence-electron chi connectivity index (χ3n) is 2.71. The van der Waals surface area contributed by atoms with Gasteiger partial charge in [0.25, 0.3) is 0 Å². The lowest BCUT2D eigenvalue weighted by atomic mass is 10.2. The van der Waals surface area contributed by atoms with Crippen LogP contribution in [0, 0.1) is 12.8 Å². The summed E-state index contributed by atoms with van der Waals surface area (Å²) in [5.74, 6) is -0.950. The van der Waals surface area contributed by atoms with Crippen molar-refractivity contribution in [1.82, 2.24) is 5.32 Å². The predicted octanol–water partition coefficient (Wildman–Crippen LogP) is 1.60. The van der Waals surface area contributed by atoms with Crippen LogP contribution in [0.2, 0.25) is 0 Å². The van der Waals surface area contributed by atoms with E-state index in [2.05, 4.69) is 5.32 Å². The maximum atomic E-state index is 11.5. The zero-order chi connectivity index (χ0) is 14.3. The molecule has 0 spiro atoms. The van der Waals surface area contributed by atoms with Gasteiger partial charge in [0, 0.05) is 6.54 Å². The molecule has 1 amide bonds. The molecule has 0 fully saturated rings. The molecule has 1 unspecified atom stereocenters. The van der Waals surface area contributed by atoms with Gasteiger partial charge in [-0.1, -0.05) is 25.1 Å². The fraction of sp³-hybridized carbons (Fsp3) is 0.429. The number of ether oxygens (including phenoxy) is 1. The minimum atomic E-state index is -0.920. The first kappa shape index (κ1) is 15.0. The fourth-order valence-electron chi connectivity index (χ4n) is 1.41. The van der Waals surface area contributed by atoms with Gasteiger partial charge in [0.15, 0.2) is 0 Å². The van der Waals surface area contributed by atoms with Gasteiger partial charge in [-0.05, 0) is 18.6 Å². The average molecular weight is 265 g/mol. The van der Waals surface area contributed by atoms with Crippen molar-refractivity contribution in [1.29, 1.82) is 0 Å². The van der Waals surface area contributed by atoms with E-state index in [1.54, 1.807) is 6.92 Å². The second-order valence-electron chi connectivity index (χ2n) is 4.41. The van der Waals surface area contributed by atoms with Crippen LogP contribution in [-0.2, 0) is 9.59 Å². The summed E-state index contributed by atoms with van der Waals surface area (Å²) in [5, 5.41) is 11.2. The van der Waals surface area contributed by atoms with E-state index in [0.29, 0.717) is 0 Å². The quantitative estimate of drug-likeness (QED) is 0.785. The first-order valence-corrected chi connectivity index (χ1v) is 6.18. The summed E-state index contributed by atoms with van der Waals surface area (Å²) in [7, 11) is 0. The molecule has 1 aromatic rings. The van der Waals surface area contributed by atoms with Crippen LogP contribution in [0.25, 0.3) is 0 Å². The van der Waals surface area contributed by atoms with Gasteiger partial charge in [0.2, 0.25) is 5.91 Å². The summed E-state index contributed by atoms with van der Waals surface area (Å²) in [6, 6.07) is 7.57. The molecule has 0 radical (unpaired) electrons. The third kappa shape index (κ3) is 5.42. The Balaban J connectivity index is 2.24. The molecule has 0 aliphatic heterocycles. The summed E-state index contributed by atoms with van der Waals surface area (Å²) in [6.07, 6.45) is 0.209. The standard InChI is InChI=1S/C14H19NO4/c1-10-5-3-4-6-12(10)19-8-7-13(16)15-9-11(2)14(17)18/h3-6,11H,7-9H2,1-2H3,(H,15,16)(H,17,18). The van der Waals surface area contributed by atoms with E-state index in [0.717, 1.165) is 11.3 Å². The molecule has 1 atom stereocenters. The molecule has 0 saturated heterocycles. The minimum absolute atomic E-state index is 0.137. The fourth-order valence-corrected chi connectivity index (χ4v) is 1.41. The Morgan fingerprint density at radius 2 is 2.05 bits per heavy atom.